The first kappa shape index (κ1) is 60.4. The molecule has 1 saturated heterocycles. The van der Waals surface area contributed by atoms with Crippen molar-refractivity contribution in [2.24, 2.45) is 0 Å². The molecule has 12 nitrogen and oxygen atoms in total. The number of unbranched alkanes of at least 4 members (excludes halogenated alkanes) is 20. The summed E-state index contributed by atoms with van der Waals surface area (Å²) in [5, 5.41) is 30.9. The Morgan fingerprint density at radius 3 is 1.43 bits per heavy atom. The third-order valence-electron chi connectivity index (χ3n) is 11.4. The van der Waals surface area contributed by atoms with E-state index in [-0.39, 0.29) is 19.4 Å². The van der Waals surface area contributed by atoms with E-state index in [4.69, 9.17) is 18.9 Å². The van der Waals surface area contributed by atoms with Crippen molar-refractivity contribution < 1.29 is 56.8 Å². The van der Waals surface area contributed by atoms with Crippen LogP contribution in [0.1, 0.15) is 200 Å². The largest absolute Gasteiger partial charge is 0.462 e. The standard InChI is InChI=1S/C52H90O12S/c1-3-5-7-9-11-13-15-17-19-21-23-25-27-29-31-33-35-37-39-41-48(54)63-45(43-62-52-51(57)50(56)49(55)46(64-52)44-65(58,59)60)42-61-47(53)40-38-36-34-32-30-28-26-24-22-20-18-16-14-12-10-8-6-4-2/h11,13,17,19,23,25,29,31,35,37,45-46,49-52,55-57H,3-10,12,14-16,18,20-22,24,26-28,30,32-34,36,38-44H2,1-2H3,(H,58,59,60)/b13-11+,19-17+,25-23+,31-29+,37-35+/t45-,46-,49-,50?,51?,52+/m1/s1. The summed E-state index contributed by atoms with van der Waals surface area (Å²) in [5.74, 6) is -2.09. The van der Waals surface area contributed by atoms with Crippen LogP contribution in [-0.2, 0) is 38.7 Å². The van der Waals surface area contributed by atoms with Gasteiger partial charge in [-0.25, -0.2) is 0 Å². The second-order valence-corrected chi connectivity index (χ2v) is 19.0. The minimum absolute atomic E-state index is 0.0404. The average Bonchev–Trinajstić information content (AvgIpc) is 3.27. The van der Waals surface area contributed by atoms with E-state index < -0.39 is 71.2 Å². The number of ether oxygens (including phenoxy) is 4. The molecule has 1 rings (SSSR count). The summed E-state index contributed by atoms with van der Waals surface area (Å²) in [5.41, 5.74) is 0. The van der Waals surface area contributed by atoms with E-state index in [9.17, 15) is 37.9 Å². The van der Waals surface area contributed by atoms with Crippen LogP contribution in [-0.4, -0.2) is 96.0 Å². The Balaban J connectivity index is 2.44. The number of allylic oxidation sites excluding steroid dienone is 10. The summed E-state index contributed by atoms with van der Waals surface area (Å²) in [7, 11) is -4.62. The molecular weight excluding hydrogens is 849 g/mol. The second kappa shape index (κ2) is 41.5. The van der Waals surface area contributed by atoms with Crippen LogP contribution >= 0.6 is 0 Å². The van der Waals surface area contributed by atoms with Gasteiger partial charge in [0.15, 0.2) is 12.4 Å². The van der Waals surface area contributed by atoms with Crippen LogP contribution in [0.2, 0.25) is 0 Å². The third kappa shape index (κ3) is 36.1. The molecule has 2 unspecified atom stereocenters. The predicted octanol–water partition coefficient (Wildman–Crippen LogP) is 11.3. The Kier molecular flexibility index (Phi) is 38.6. The number of hydrogen-bond acceptors (Lipinski definition) is 11. The molecule has 1 aliphatic rings. The maximum absolute atomic E-state index is 12.8. The number of esters is 2. The van der Waals surface area contributed by atoms with Crippen molar-refractivity contribution in [1.29, 1.82) is 0 Å². The van der Waals surface area contributed by atoms with E-state index in [1.54, 1.807) is 0 Å². The van der Waals surface area contributed by atoms with Crippen molar-refractivity contribution in [3.63, 3.8) is 0 Å². The van der Waals surface area contributed by atoms with E-state index in [1.165, 1.54) is 109 Å². The number of hydrogen-bond donors (Lipinski definition) is 4. The number of rotatable bonds is 42. The first-order valence-electron chi connectivity index (χ1n) is 25.3. The maximum atomic E-state index is 12.8. The van der Waals surface area contributed by atoms with Gasteiger partial charge < -0.3 is 34.3 Å². The topological polar surface area (TPSA) is 186 Å². The van der Waals surface area contributed by atoms with Crippen LogP contribution in [0.25, 0.3) is 0 Å². The lowest BCUT2D eigenvalue weighted by Gasteiger charge is -2.40. The highest BCUT2D eigenvalue weighted by atomic mass is 32.2. The molecule has 0 bridgehead atoms. The second-order valence-electron chi connectivity index (χ2n) is 17.5. The molecule has 65 heavy (non-hydrogen) atoms. The van der Waals surface area contributed by atoms with Crippen LogP contribution in [0.5, 0.6) is 0 Å². The molecule has 4 N–H and O–H groups in total. The predicted molar refractivity (Wildman–Crippen MR) is 261 cm³/mol. The summed E-state index contributed by atoms with van der Waals surface area (Å²) in [6.07, 6.45) is 42.7. The number of aliphatic hydroxyl groups is 3. The van der Waals surface area contributed by atoms with Gasteiger partial charge in [-0.15, -0.1) is 0 Å². The summed E-state index contributed by atoms with van der Waals surface area (Å²) in [4.78, 5) is 25.5. The van der Waals surface area contributed by atoms with Crippen LogP contribution in [0, 0.1) is 0 Å². The molecule has 0 aromatic heterocycles. The Bertz CT molecular complexity index is 1420. The van der Waals surface area contributed by atoms with Gasteiger partial charge in [-0.05, 0) is 51.4 Å². The van der Waals surface area contributed by atoms with Gasteiger partial charge in [0.05, 0.1) is 6.61 Å². The molecule has 0 aliphatic carbocycles. The Labute approximate surface area is 394 Å². The number of carbonyl (C=O) groups is 2. The molecule has 1 fully saturated rings. The highest BCUT2D eigenvalue weighted by Crippen LogP contribution is 2.24. The Hall–Kier alpha value is -2.65. The molecular formula is C52H90O12S. The summed E-state index contributed by atoms with van der Waals surface area (Å²) >= 11 is 0. The fourth-order valence-corrected chi connectivity index (χ4v) is 8.12. The summed E-state index contributed by atoms with van der Waals surface area (Å²) in [6, 6.07) is 0. The van der Waals surface area contributed by atoms with Gasteiger partial charge in [0.1, 0.15) is 36.8 Å². The quantitative estimate of drug-likeness (QED) is 0.0197. The van der Waals surface area contributed by atoms with Gasteiger partial charge >= 0.3 is 11.9 Å². The van der Waals surface area contributed by atoms with Crippen LogP contribution < -0.4 is 0 Å². The lowest BCUT2D eigenvalue weighted by Crippen LogP contribution is -2.60. The molecule has 0 spiro atoms. The van der Waals surface area contributed by atoms with E-state index in [2.05, 4.69) is 62.5 Å². The molecule has 0 aromatic carbocycles. The van der Waals surface area contributed by atoms with Gasteiger partial charge in [-0.2, -0.15) is 8.42 Å². The summed E-state index contributed by atoms with van der Waals surface area (Å²) < 4.78 is 54.1. The van der Waals surface area contributed by atoms with Crippen LogP contribution in [0.15, 0.2) is 60.8 Å². The molecule has 0 aromatic rings. The highest BCUT2D eigenvalue weighted by molar-refractivity contribution is 7.85. The van der Waals surface area contributed by atoms with Crippen molar-refractivity contribution in [3.8, 4) is 0 Å². The van der Waals surface area contributed by atoms with Crippen molar-refractivity contribution in [2.75, 3.05) is 19.0 Å². The Morgan fingerprint density at radius 1 is 0.523 bits per heavy atom. The molecule has 1 aliphatic heterocycles. The minimum atomic E-state index is -4.62. The number of aliphatic hydroxyl groups excluding tert-OH is 3. The zero-order valence-corrected chi connectivity index (χ0v) is 41.1. The van der Waals surface area contributed by atoms with E-state index in [0.29, 0.717) is 19.3 Å². The van der Waals surface area contributed by atoms with Gasteiger partial charge in [0.25, 0.3) is 10.1 Å². The molecule has 1 heterocycles. The molecule has 6 atom stereocenters. The minimum Gasteiger partial charge on any atom is -0.462 e. The average molecular weight is 939 g/mol. The van der Waals surface area contributed by atoms with Crippen molar-refractivity contribution in [3.05, 3.63) is 60.8 Å². The van der Waals surface area contributed by atoms with E-state index in [0.717, 1.165) is 44.9 Å². The van der Waals surface area contributed by atoms with Gasteiger partial charge in [-0.1, -0.05) is 197 Å². The maximum Gasteiger partial charge on any atom is 0.306 e. The third-order valence-corrected chi connectivity index (χ3v) is 12.1. The van der Waals surface area contributed by atoms with Gasteiger partial charge in [-0.3, -0.25) is 14.1 Å². The SMILES string of the molecule is CCCCC/C=C/C/C=C/C/C=C/C/C=C/C/C=C/CCC(=O)O[C@H](COC(=O)CCCCCCCCCCCCCCCCCCCC)CO[C@H]1O[C@H](CS(=O)(=O)O)[C@@H](O)C(O)C1O. The first-order chi connectivity index (χ1) is 31.5. The summed E-state index contributed by atoms with van der Waals surface area (Å²) in [6.45, 7) is 3.69. The fraction of sp³-hybridized carbons (Fsp3) is 0.769. The number of carbonyl (C=O) groups excluding carboxylic acids is 2. The highest BCUT2D eigenvalue weighted by Gasteiger charge is 2.46. The molecule has 0 radical (unpaired) electrons. The van der Waals surface area contributed by atoms with E-state index in [1.807, 2.05) is 12.2 Å². The monoisotopic (exact) mass is 939 g/mol. The normalized spacial score (nSPS) is 20.0. The van der Waals surface area contributed by atoms with Crippen molar-refractivity contribution >= 4 is 22.1 Å². The van der Waals surface area contributed by atoms with Gasteiger partial charge in [0.2, 0.25) is 0 Å². The lowest BCUT2D eigenvalue weighted by molar-refractivity contribution is -0.297. The van der Waals surface area contributed by atoms with Crippen LogP contribution in [0.3, 0.4) is 0 Å². The van der Waals surface area contributed by atoms with Crippen LogP contribution in [0.4, 0.5) is 0 Å². The van der Waals surface area contributed by atoms with Crippen molar-refractivity contribution in [1.82, 2.24) is 0 Å². The molecule has 0 amide bonds. The molecule has 0 saturated carbocycles. The van der Waals surface area contributed by atoms with Crippen molar-refractivity contribution in [2.45, 2.75) is 237 Å². The molecule has 13 heteroatoms. The smallest absolute Gasteiger partial charge is 0.306 e. The Morgan fingerprint density at radius 2 is 0.954 bits per heavy atom. The van der Waals surface area contributed by atoms with Gasteiger partial charge in [0, 0.05) is 12.8 Å². The zero-order valence-electron chi connectivity index (χ0n) is 40.3. The zero-order chi connectivity index (χ0) is 47.6. The lowest BCUT2D eigenvalue weighted by atomic mass is 10.00. The molecule has 376 valence electrons. The fourth-order valence-electron chi connectivity index (χ4n) is 7.42. The first-order valence-corrected chi connectivity index (χ1v) is 27.0. The van der Waals surface area contributed by atoms with E-state index >= 15 is 0 Å².